The fraction of sp³-hybridized carbons (Fsp3) is 0.647. The predicted molar refractivity (Wildman–Crippen MR) is 86.2 cm³/mol. The maximum atomic E-state index is 12.7. The van der Waals surface area contributed by atoms with Crippen LogP contribution in [0.15, 0.2) is 16.8 Å². The van der Waals surface area contributed by atoms with Gasteiger partial charge in [-0.2, -0.15) is 10.1 Å². The zero-order valence-electron chi connectivity index (χ0n) is 14.2. The molecule has 24 heavy (non-hydrogen) atoms. The summed E-state index contributed by atoms with van der Waals surface area (Å²) in [6.07, 6.45) is 6.35. The van der Waals surface area contributed by atoms with Gasteiger partial charge in [-0.1, -0.05) is 11.6 Å². The molecule has 1 saturated carbocycles. The highest BCUT2D eigenvalue weighted by molar-refractivity contribution is 5.77. The third-order valence-corrected chi connectivity index (χ3v) is 5.69. The molecule has 2 atom stereocenters. The normalized spacial score (nSPS) is 26.1. The van der Waals surface area contributed by atoms with Gasteiger partial charge in [-0.25, -0.2) is 0 Å². The highest BCUT2D eigenvalue weighted by Crippen LogP contribution is 2.50. The summed E-state index contributed by atoms with van der Waals surface area (Å²) in [5.41, 5.74) is 0.966. The first-order chi connectivity index (χ1) is 11.6. The van der Waals surface area contributed by atoms with Crippen LogP contribution in [0.2, 0.25) is 0 Å². The molecule has 1 amide bonds. The average molecular weight is 329 g/mol. The molecule has 2 aliphatic rings. The maximum absolute atomic E-state index is 12.7. The van der Waals surface area contributed by atoms with Crippen molar-refractivity contribution >= 4 is 5.91 Å². The monoisotopic (exact) mass is 329 g/mol. The number of hydrogen-bond acceptors (Lipinski definition) is 5. The molecule has 2 aromatic rings. The lowest BCUT2D eigenvalue weighted by atomic mass is 9.80. The Balaban J connectivity index is 1.46. The quantitative estimate of drug-likeness (QED) is 0.852. The Bertz CT molecular complexity index is 752. The molecule has 0 bridgehead atoms. The molecule has 128 valence electrons. The summed E-state index contributed by atoms with van der Waals surface area (Å²) in [5.74, 6) is 2.05. The van der Waals surface area contributed by atoms with Gasteiger partial charge in [-0.15, -0.1) is 0 Å². The van der Waals surface area contributed by atoms with E-state index in [9.17, 15) is 4.79 Å². The zero-order valence-corrected chi connectivity index (χ0v) is 14.2. The van der Waals surface area contributed by atoms with Crippen LogP contribution in [0.5, 0.6) is 0 Å². The van der Waals surface area contributed by atoms with E-state index in [1.807, 2.05) is 29.6 Å². The number of carbonyl (C=O) groups excluding carboxylic acids is 1. The SMILES string of the molecule is Cc1noc([C@]23CCC[C@H]2CN(C(=O)CCc2ccnn2C)C3)n1. The van der Waals surface area contributed by atoms with E-state index in [2.05, 4.69) is 15.2 Å². The molecule has 0 aromatic carbocycles. The highest BCUT2D eigenvalue weighted by Gasteiger charge is 2.54. The zero-order chi connectivity index (χ0) is 16.7. The molecule has 3 heterocycles. The number of rotatable bonds is 4. The fourth-order valence-corrected chi connectivity index (χ4v) is 4.37. The van der Waals surface area contributed by atoms with Gasteiger partial charge in [0.25, 0.3) is 0 Å². The summed E-state index contributed by atoms with van der Waals surface area (Å²) in [6, 6.07) is 1.97. The molecular weight excluding hydrogens is 306 g/mol. The Labute approximate surface area is 141 Å². The first-order valence-corrected chi connectivity index (χ1v) is 8.64. The van der Waals surface area contributed by atoms with Crippen molar-refractivity contribution < 1.29 is 9.32 Å². The van der Waals surface area contributed by atoms with E-state index in [1.54, 1.807) is 6.20 Å². The van der Waals surface area contributed by atoms with Crippen LogP contribution >= 0.6 is 0 Å². The summed E-state index contributed by atoms with van der Waals surface area (Å²) in [5, 5.41) is 8.12. The van der Waals surface area contributed by atoms with E-state index >= 15 is 0 Å². The smallest absolute Gasteiger partial charge is 0.234 e. The number of hydrogen-bond donors (Lipinski definition) is 0. The van der Waals surface area contributed by atoms with Gasteiger partial charge in [0.05, 0.1) is 5.41 Å². The molecule has 0 spiro atoms. The van der Waals surface area contributed by atoms with Crippen LogP contribution in [0.1, 0.15) is 43.1 Å². The van der Waals surface area contributed by atoms with E-state index in [0.717, 1.165) is 37.4 Å². The number of aryl methyl sites for hydroxylation is 3. The Morgan fingerprint density at radius 3 is 3.08 bits per heavy atom. The standard InChI is InChI=1S/C17H23N5O2/c1-12-19-16(24-20-12)17-8-3-4-13(17)10-22(11-17)15(23)6-5-14-7-9-18-21(14)2/h7,9,13H,3-6,8,10-11H2,1-2H3/t13-,17-/m0/s1. The molecule has 1 aliphatic carbocycles. The second kappa shape index (κ2) is 5.72. The second-order valence-electron chi connectivity index (χ2n) is 7.11. The molecular formula is C17H23N5O2. The molecule has 7 nitrogen and oxygen atoms in total. The lowest BCUT2D eigenvalue weighted by Gasteiger charge is -2.24. The third-order valence-electron chi connectivity index (χ3n) is 5.69. The van der Waals surface area contributed by atoms with Gasteiger partial charge < -0.3 is 9.42 Å². The number of carbonyl (C=O) groups is 1. The molecule has 0 unspecified atom stereocenters. The largest absolute Gasteiger partial charge is 0.341 e. The average Bonchev–Trinajstić information content (AvgIpc) is 3.28. The van der Waals surface area contributed by atoms with E-state index in [4.69, 9.17) is 4.52 Å². The molecule has 0 radical (unpaired) electrons. The Kier molecular flexibility index (Phi) is 3.66. The number of amides is 1. The summed E-state index contributed by atoms with van der Waals surface area (Å²) in [7, 11) is 1.91. The molecule has 4 rings (SSSR count). The third kappa shape index (κ3) is 2.42. The number of nitrogens with zero attached hydrogens (tertiary/aromatic N) is 5. The van der Waals surface area contributed by atoms with E-state index in [-0.39, 0.29) is 11.3 Å². The van der Waals surface area contributed by atoms with Crippen molar-refractivity contribution in [1.82, 2.24) is 24.8 Å². The van der Waals surface area contributed by atoms with Gasteiger partial charge in [-0.05, 0) is 38.2 Å². The van der Waals surface area contributed by atoms with E-state index < -0.39 is 0 Å². The minimum atomic E-state index is -0.122. The van der Waals surface area contributed by atoms with Crippen molar-refractivity contribution in [2.75, 3.05) is 13.1 Å². The molecule has 0 N–H and O–H groups in total. The van der Waals surface area contributed by atoms with Crippen molar-refractivity contribution in [1.29, 1.82) is 0 Å². The number of aromatic nitrogens is 4. The molecule has 1 aliphatic heterocycles. The first kappa shape index (κ1) is 15.4. The van der Waals surface area contributed by atoms with Crippen molar-refractivity contribution in [3.8, 4) is 0 Å². The van der Waals surface area contributed by atoms with Crippen LogP contribution in [0.4, 0.5) is 0 Å². The first-order valence-electron chi connectivity index (χ1n) is 8.64. The van der Waals surface area contributed by atoms with Crippen molar-refractivity contribution in [2.24, 2.45) is 13.0 Å². The summed E-state index contributed by atoms with van der Waals surface area (Å²) in [4.78, 5) is 19.2. The molecule has 2 aromatic heterocycles. The number of likely N-dealkylation sites (tertiary alicyclic amines) is 1. The lowest BCUT2D eigenvalue weighted by molar-refractivity contribution is -0.130. The van der Waals surface area contributed by atoms with Gasteiger partial charge in [0.1, 0.15) is 0 Å². The predicted octanol–water partition coefficient (Wildman–Crippen LogP) is 1.62. The summed E-state index contributed by atoms with van der Waals surface area (Å²) in [6.45, 7) is 3.37. The van der Waals surface area contributed by atoms with Gasteiger partial charge in [-0.3, -0.25) is 9.48 Å². The molecule has 7 heteroatoms. The van der Waals surface area contributed by atoms with Crippen LogP contribution in [0.25, 0.3) is 0 Å². The van der Waals surface area contributed by atoms with Crippen LogP contribution in [0.3, 0.4) is 0 Å². The van der Waals surface area contributed by atoms with Crippen LogP contribution in [-0.2, 0) is 23.7 Å². The minimum Gasteiger partial charge on any atom is -0.341 e. The van der Waals surface area contributed by atoms with Crippen LogP contribution < -0.4 is 0 Å². The topological polar surface area (TPSA) is 77.0 Å². The van der Waals surface area contributed by atoms with Crippen molar-refractivity contribution in [3.63, 3.8) is 0 Å². The van der Waals surface area contributed by atoms with Crippen molar-refractivity contribution in [2.45, 2.75) is 44.4 Å². The van der Waals surface area contributed by atoms with E-state index in [1.165, 1.54) is 6.42 Å². The van der Waals surface area contributed by atoms with Crippen molar-refractivity contribution in [3.05, 3.63) is 29.7 Å². The van der Waals surface area contributed by atoms with Gasteiger partial charge in [0.15, 0.2) is 5.82 Å². The van der Waals surface area contributed by atoms with Crippen LogP contribution in [-0.4, -0.2) is 43.8 Å². The minimum absolute atomic E-state index is 0.122. The lowest BCUT2D eigenvalue weighted by Crippen LogP contribution is -2.35. The molecule has 1 saturated heterocycles. The van der Waals surface area contributed by atoms with Gasteiger partial charge >= 0.3 is 0 Å². The fourth-order valence-electron chi connectivity index (χ4n) is 4.37. The Hall–Kier alpha value is -2.18. The van der Waals surface area contributed by atoms with Crippen LogP contribution in [0, 0.1) is 12.8 Å². The number of fused-ring (bicyclic) bond motifs is 1. The summed E-state index contributed by atoms with van der Waals surface area (Å²) < 4.78 is 7.33. The molecule has 2 fully saturated rings. The van der Waals surface area contributed by atoms with Gasteiger partial charge in [0, 0.05) is 38.4 Å². The van der Waals surface area contributed by atoms with E-state index in [0.29, 0.717) is 24.7 Å². The maximum Gasteiger partial charge on any atom is 0.234 e. The van der Waals surface area contributed by atoms with Gasteiger partial charge in [0.2, 0.25) is 11.8 Å². The highest BCUT2D eigenvalue weighted by atomic mass is 16.5. The Morgan fingerprint density at radius 1 is 1.50 bits per heavy atom. The Morgan fingerprint density at radius 2 is 2.38 bits per heavy atom. The summed E-state index contributed by atoms with van der Waals surface area (Å²) >= 11 is 0. The second-order valence-corrected chi connectivity index (χ2v) is 7.11.